The zero-order chi connectivity index (χ0) is 13.1. The maximum absolute atomic E-state index is 11.1. The fourth-order valence-electron chi connectivity index (χ4n) is 1.99. The van der Waals surface area contributed by atoms with Crippen LogP contribution >= 0.6 is 11.3 Å². The topological polar surface area (TPSA) is 66.9 Å². The maximum atomic E-state index is 11.1. The summed E-state index contributed by atoms with van der Waals surface area (Å²) in [7, 11) is 0. The molecular weight excluding hydrogens is 260 g/mol. The van der Waals surface area contributed by atoms with Crippen molar-refractivity contribution in [1.82, 2.24) is 20.6 Å². The van der Waals surface area contributed by atoms with E-state index < -0.39 is 0 Å². The summed E-state index contributed by atoms with van der Waals surface area (Å²) in [5.74, 6) is 0.116. The fourth-order valence-corrected chi connectivity index (χ4v) is 2.79. The molecule has 2 aromatic rings. The van der Waals surface area contributed by atoms with Crippen molar-refractivity contribution >= 4 is 17.2 Å². The van der Waals surface area contributed by atoms with Crippen LogP contribution in [0.15, 0.2) is 29.8 Å². The van der Waals surface area contributed by atoms with Crippen LogP contribution in [0.2, 0.25) is 0 Å². The van der Waals surface area contributed by atoms with Gasteiger partial charge in [0.15, 0.2) is 0 Å². The van der Waals surface area contributed by atoms with Gasteiger partial charge in [-0.1, -0.05) is 6.07 Å². The third kappa shape index (κ3) is 2.97. The van der Waals surface area contributed by atoms with E-state index >= 15 is 0 Å². The Bertz CT molecular complexity index is 569. The first kappa shape index (κ1) is 12.3. The SMILES string of the molecule is O=C1CC(NCc2csc(-c3ccccn3)n2)CN1. The monoisotopic (exact) mass is 274 g/mol. The number of hydrogen-bond donors (Lipinski definition) is 2. The van der Waals surface area contributed by atoms with Gasteiger partial charge in [0.05, 0.1) is 11.4 Å². The summed E-state index contributed by atoms with van der Waals surface area (Å²) in [6, 6.07) is 6.02. The summed E-state index contributed by atoms with van der Waals surface area (Å²) in [5, 5.41) is 9.10. The predicted molar refractivity (Wildman–Crippen MR) is 73.6 cm³/mol. The van der Waals surface area contributed by atoms with E-state index in [1.807, 2.05) is 23.6 Å². The smallest absolute Gasteiger partial charge is 0.221 e. The van der Waals surface area contributed by atoms with Gasteiger partial charge in [-0.15, -0.1) is 11.3 Å². The van der Waals surface area contributed by atoms with Crippen LogP contribution in [0.25, 0.3) is 10.7 Å². The lowest BCUT2D eigenvalue weighted by Gasteiger charge is -2.07. The van der Waals surface area contributed by atoms with Gasteiger partial charge in [-0.25, -0.2) is 4.98 Å². The molecule has 3 rings (SSSR count). The standard InChI is InChI=1S/C13H14N4OS/c18-12-5-9(6-16-12)15-7-10-8-19-13(17-10)11-3-1-2-4-14-11/h1-4,8-9,15H,5-7H2,(H,16,18). The van der Waals surface area contributed by atoms with E-state index in [-0.39, 0.29) is 11.9 Å². The highest BCUT2D eigenvalue weighted by Gasteiger charge is 2.20. The Labute approximate surface area is 115 Å². The molecule has 1 aliphatic heterocycles. The predicted octanol–water partition coefficient (Wildman–Crippen LogP) is 1.18. The molecule has 0 radical (unpaired) electrons. The average molecular weight is 274 g/mol. The number of aromatic nitrogens is 2. The molecule has 19 heavy (non-hydrogen) atoms. The normalized spacial score (nSPS) is 18.5. The van der Waals surface area contributed by atoms with Crippen molar-refractivity contribution in [2.45, 2.75) is 19.0 Å². The molecule has 1 aliphatic rings. The summed E-state index contributed by atoms with van der Waals surface area (Å²) < 4.78 is 0. The van der Waals surface area contributed by atoms with E-state index in [0.29, 0.717) is 19.5 Å². The van der Waals surface area contributed by atoms with Crippen LogP contribution in [0.1, 0.15) is 12.1 Å². The Balaban J connectivity index is 1.61. The minimum absolute atomic E-state index is 0.116. The van der Waals surface area contributed by atoms with Crippen molar-refractivity contribution in [1.29, 1.82) is 0 Å². The molecule has 0 aromatic carbocycles. The van der Waals surface area contributed by atoms with Crippen molar-refractivity contribution in [3.63, 3.8) is 0 Å². The number of rotatable bonds is 4. The lowest BCUT2D eigenvalue weighted by Crippen LogP contribution is -2.30. The number of amides is 1. The van der Waals surface area contributed by atoms with E-state index in [1.165, 1.54) is 0 Å². The van der Waals surface area contributed by atoms with Crippen LogP contribution in [0, 0.1) is 0 Å². The molecule has 2 N–H and O–H groups in total. The third-order valence-electron chi connectivity index (χ3n) is 2.99. The first-order valence-electron chi connectivity index (χ1n) is 6.17. The molecule has 1 amide bonds. The van der Waals surface area contributed by atoms with Gasteiger partial charge in [0.25, 0.3) is 0 Å². The number of nitrogens with zero attached hydrogens (tertiary/aromatic N) is 2. The molecule has 0 aliphatic carbocycles. The van der Waals surface area contributed by atoms with Gasteiger partial charge in [0, 0.05) is 37.1 Å². The van der Waals surface area contributed by atoms with Crippen molar-refractivity contribution in [3.8, 4) is 10.7 Å². The first-order chi connectivity index (χ1) is 9.31. The molecule has 2 aromatic heterocycles. The molecule has 1 atom stereocenters. The fraction of sp³-hybridized carbons (Fsp3) is 0.308. The Hall–Kier alpha value is -1.79. The Morgan fingerprint density at radius 2 is 2.42 bits per heavy atom. The highest BCUT2D eigenvalue weighted by Crippen LogP contribution is 2.21. The Kier molecular flexibility index (Phi) is 3.52. The summed E-state index contributed by atoms with van der Waals surface area (Å²) in [6.45, 7) is 1.39. The largest absolute Gasteiger partial charge is 0.354 e. The van der Waals surface area contributed by atoms with Gasteiger partial charge in [0.1, 0.15) is 5.01 Å². The molecule has 5 nitrogen and oxygen atoms in total. The number of pyridine rings is 1. The highest BCUT2D eigenvalue weighted by molar-refractivity contribution is 7.13. The van der Waals surface area contributed by atoms with Crippen LogP contribution in [0.5, 0.6) is 0 Å². The molecule has 3 heterocycles. The number of hydrogen-bond acceptors (Lipinski definition) is 5. The van der Waals surface area contributed by atoms with Crippen LogP contribution in [-0.4, -0.2) is 28.5 Å². The molecule has 98 valence electrons. The second kappa shape index (κ2) is 5.46. The summed E-state index contributed by atoms with van der Waals surface area (Å²) in [4.78, 5) is 19.9. The summed E-state index contributed by atoms with van der Waals surface area (Å²) >= 11 is 1.59. The Morgan fingerprint density at radius 1 is 1.47 bits per heavy atom. The van der Waals surface area contributed by atoms with Crippen molar-refractivity contribution in [2.75, 3.05) is 6.54 Å². The van der Waals surface area contributed by atoms with Crippen molar-refractivity contribution in [2.24, 2.45) is 0 Å². The van der Waals surface area contributed by atoms with E-state index in [2.05, 4.69) is 20.6 Å². The second-order valence-electron chi connectivity index (χ2n) is 4.44. The van der Waals surface area contributed by atoms with E-state index in [0.717, 1.165) is 16.4 Å². The van der Waals surface area contributed by atoms with Gasteiger partial charge < -0.3 is 10.6 Å². The minimum Gasteiger partial charge on any atom is -0.354 e. The number of carbonyl (C=O) groups excluding carboxylic acids is 1. The lowest BCUT2D eigenvalue weighted by molar-refractivity contribution is -0.119. The molecule has 1 unspecified atom stereocenters. The molecule has 1 saturated heterocycles. The maximum Gasteiger partial charge on any atom is 0.221 e. The van der Waals surface area contributed by atoms with Gasteiger partial charge in [-0.3, -0.25) is 9.78 Å². The third-order valence-corrected chi connectivity index (χ3v) is 3.90. The van der Waals surface area contributed by atoms with Crippen molar-refractivity contribution in [3.05, 3.63) is 35.5 Å². The highest BCUT2D eigenvalue weighted by atomic mass is 32.1. The molecule has 1 fully saturated rings. The lowest BCUT2D eigenvalue weighted by atomic mass is 10.2. The number of nitrogens with one attached hydrogen (secondary N) is 2. The van der Waals surface area contributed by atoms with Gasteiger partial charge in [0.2, 0.25) is 5.91 Å². The summed E-state index contributed by atoms with van der Waals surface area (Å²) in [5.41, 5.74) is 1.89. The van der Waals surface area contributed by atoms with E-state index in [1.54, 1.807) is 17.5 Å². The van der Waals surface area contributed by atoms with E-state index in [9.17, 15) is 4.79 Å². The van der Waals surface area contributed by atoms with Gasteiger partial charge >= 0.3 is 0 Å². The number of carbonyl (C=O) groups is 1. The van der Waals surface area contributed by atoms with Crippen LogP contribution in [0.3, 0.4) is 0 Å². The molecular formula is C13H14N4OS. The summed E-state index contributed by atoms with van der Waals surface area (Å²) in [6.07, 6.45) is 2.32. The molecule has 0 spiro atoms. The molecule has 0 saturated carbocycles. The molecule has 6 heteroatoms. The van der Waals surface area contributed by atoms with Gasteiger partial charge in [-0.2, -0.15) is 0 Å². The van der Waals surface area contributed by atoms with Crippen LogP contribution in [0.4, 0.5) is 0 Å². The number of thiazole rings is 1. The van der Waals surface area contributed by atoms with Crippen molar-refractivity contribution < 1.29 is 4.79 Å². The first-order valence-corrected chi connectivity index (χ1v) is 7.05. The van der Waals surface area contributed by atoms with Crippen LogP contribution in [-0.2, 0) is 11.3 Å². The minimum atomic E-state index is 0.116. The quantitative estimate of drug-likeness (QED) is 0.878. The molecule has 0 bridgehead atoms. The average Bonchev–Trinajstić information content (AvgIpc) is 3.06. The second-order valence-corrected chi connectivity index (χ2v) is 5.30. The zero-order valence-electron chi connectivity index (χ0n) is 10.3. The van der Waals surface area contributed by atoms with Crippen LogP contribution < -0.4 is 10.6 Å². The van der Waals surface area contributed by atoms with Gasteiger partial charge in [-0.05, 0) is 12.1 Å². The zero-order valence-corrected chi connectivity index (χ0v) is 11.1. The van der Waals surface area contributed by atoms with E-state index in [4.69, 9.17) is 0 Å². The Morgan fingerprint density at radius 3 is 3.16 bits per heavy atom.